The Labute approximate surface area is 175 Å². The zero-order chi connectivity index (χ0) is 21.3. The molecule has 3 rings (SSSR count). The van der Waals surface area contributed by atoms with E-state index in [1.807, 2.05) is 0 Å². The number of benzene rings is 2. The lowest BCUT2D eigenvalue weighted by molar-refractivity contribution is -0.384. The van der Waals surface area contributed by atoms with E-state index >= 15 is 0 Å². The van der Waals surface area contributed by atoms with Gasteiger partial charge in [0.2, 0.25) is 0 Å². The summed E-state index contributed by atoms with van der Waals surface area (Å²) in [5, 5.41) is 11.7. The zero-order valence-electron chi connectivity index (χ0n) is 15.3. The third-order valence-corrected chi connectivity index (χ3v) is 4.72. The van der Waals surface area contributed by atoms with E-state index in [4.69, 9.17) is 27.9 Å². The molecule has 1 aliphatic rings. The molecule has 0 atom stereocenters. The van der Waals surface area contributed by atoms with Crippen LogP contribution < -0.4 is 4.90 Å². The molecule has 1 aliphatic heterocycles. The highest BCUT2D eigenvalue weighted by Gasteiger charge is 2.38. The van der Waals surface area contributed by atoms with Gasteiger partial charge in [0.15, 0.2) is 0 Å². The molecule has 0 aliphatic carbocycles. The molecule has 0 saturated carbocycles. The summed E-state index contributed by atoms with van der Waals surface area (Å²) in [4.78, 5) is 37.4. The van der Waals surface area contributed by atoms with Crippen molar-refractivity contribution in [3.63, 3.8) is 0 Å². The predicted octanol–water partition coefficient (Wildman–Crippen LogP) is 4.78. The summed E-state index contributed by atoms with van der Waals surface area (Å²) in [7, 11) is 1.21. The van der Waals surface area contributed by atoms with Crippen molar-refractivity contribution in [3.8, 4) is 0 Å². The number of anilines is 1. The summed E-state index contributed by atoms with van der Waals surface area (Å²) in [5.74, 6) is -1.21. The van der Waals surface area contributed by atoms with Crippen molar-refractivity contribution in [2.45, 2.75) is 6.92 Å². The lowest BCUT2D eigenvalue weighted by Gasteiger charge is -2.18. The number of carbonyl (C=O) groups is 2. The molecule has 0 bridgehead atoms. The third-order valence-electron chi connectivity index (χ3n) is 4.29. The second-order valence-electron chi connectivity index (χ2n) is 6.13. The van der Waals surface area contributed by atoms with E-state index in [-0.39, 0.29) is 16.8 Å². The average molecular weight is 433 g/mol. The number of nitro benzene ring substituents is 1. The molecule has 0 radical (unpaired) electrons. The number of methoxy groups -OCH3 is 1. The molecule has 1 amide bonds. The number of carbonyl (C=O) groups excluding carboxylic acids is 2. The minimum atomic E-state index is -0.705. The van der Waals surface area contributed by atoms with Gasteiger partial charge in [-0.05, 0) is 36.8 Å². The summed E-state index contributed by atoms with van der Waals surface area (Å²) < 4.78 is 4.84. The standard InChI is InChI=1S/C20H14Cl2N2O5/c1-11-18(20(26)29-2)17(7-12-4-3-5-15(6-12)24(27)28)19(25)23(11)16-9-13(21)8-14(22)10-16/h3-10H,1-2H3/b17-7-. The van der Waals surface area contributed by atoms with Crippen LogP contribution in [0, 0.1) is 10.1 Å². The number of amides is 1. The van der Waals surface area contributed by atoms with Crippen molar-refractivity contribution in [2.75, 3.05) is 12.0 Å². The number of ether oxygens (including phenoxy) is 1. The van der Waals surface area contributed by atoms with Gasteiger partial charge in [0, 0.05) is 27.9 Å². The molecule has 0 unspecified atom stereocenters. The number of allylic oxidation sites excluding steroid dienone is 1. The second kappa shape index (κ2) is 8.06. The van der Waals surface area contributed by atoms with Crippen LogP contribution in [0.25, 0.3) is 6.08 Å². The van der Waals surface area contributed by atoms with E-state index in [0.29, 0.717) is 27.0 Å². The van der Waals surface area contributed by atoms with Crippen LogP contribution in [0.1, 0.15) is 12.5 Å². The maximum Gasteiger partial charge on any atom is 0.340 e. The van der Waals surface area contributed by atoms with Gasteiger partial charge in [0.25, 0.3) is 11.6 Å². The summed E-state index contributed by atoms with van der Waals surface area (Å²) in [6.07, 6.45) is 1.41. The molecular formula is C20H14Cl2N2O5. The minimum absolute atomic E-state index is 0.0472. The van der Waals surface area contributed by atoms with E-state index in [1.54, 1.807) is 25.1 Å². The number of hydrogen-bond donors (Lipinski definition) is 0. The SMILES string of the molecule is COC(=O)C1=C(C)N(c2cc(Cl)cc(Cl)c2)C(=O)/C1=C\c1cccc([N+](=O)[O-])c1. The first-order chi connectivity index (χ1) is 13.7. The Hall–Kier alpha value is -3.16. The predicted molar refractivity (Wildman–Crippen MR) is 110 cm³/mol. The Bertz CT molecular complexity index is 1090. The van der Waals surface area contributed by atoms with Gasteiger partial charge in [0.1, 0.15) is 0 Å². The van der Waals surface area contributed by atoms with Crippen molar-refractivity contribution < 1.29 is 19.2 Å². The van der Waals surface area contributed by atoms with Gasteiger partial charge in [-0.3, -0.25) is 19.8 Å². The first-order valence-corrected chi connectivity index (χ1v) is 9.04. The fraction of sp³-hybridized carbons (Fsp3) is 0.100. The third kappa shape index (κ3) is 4.01. The lowest BCUT2D eigenvalue weighted by Crippen LogP contribution is -2.24. The first kappa shape index (κ1) is 20.6. The van der Waals surface area contributed by atoms with Crippen molar-refractivity contribution in [1.29, 1.82) is 0 Å². The van der Waals surface area contributed by atoms with Crippen LogP contribution in [-0.4, -0.2) is 23.9 Å². The van der Waals surface area contributed by atoms with E-state index in [0.717, 1.165) is 0 Å². The smallest absolute Gasteiger partial charge is 0.340 e. The summed E-state index contributed by atoms with van der Waals surface area (Å²) >= 11 is 12.1. The van der Waals surface area contributed by atoms with Crippen LogP contribution in [-0.2, 0) is 14.3 Å². The Kier molecular flexibility index (Phi) is 5.72. The number of rotatable bonds is 4. The first-order valence-electron chi connectivity index (χ1n) is 8.29. The van der Waals surface area contributed by atoms with Crippen LogP contribution in [0.4, 0.5) is 11.4 Å². The second-order valence-corrected chi connectivity index (χ2v) is 7.00. The Balaban J connectivity index is 2.17. The maximum atomic E-state index is 13.2. The quantitative estimate of drug-likeness (QED) is 0.300. The van der Waals surface area contributed by atoms with Crippen LogP contribution >= 0.6 is 23.2 Å². The molecule has 0 N–H and O–H groups in total. The normalized spacial score (nSPS) is 15.2. The van der Waals surface area contributed by atoms with E-state index < -0.39 is 16.8 Å². The van der Waals surface area contributed by atoms with Gasteiger partial charge in [-0.1, -0.05) is 35.3 Å². The fourth-order valence-electron chi connectivity index (χ4n) is 3.05. The minimum Gasteiger partial charge on any atom is -0.465 e. The average Bonchev–Trinajstić information content (AvgIpc) is 2.90. The Morgan fingerprint density at radius 1 is 1.17 bits per heavy atom. The highest BCUT2D eigenvalue weighted by Crippen LogP contribution is 2.37. The molecule has 1 heterocycles. The van der Waals surface area contributed by atoms with Gasteiger partial charge in [-0.15, -0.1) is 0 Å². The highest BCUT2D eigenvalue weighted by atomic mass is 35.5. The number of hydrogen-bond acceptors (Lipinski definition) is 5. The monoisotopic (exact) mass is 432 g/mol. The summed E-state index contributed by atoms with van der Waals surface area (Å²) in [5.41, 5.74) is 1.07. The number of halogens is 2. The number of nitrogens with zero attached hydrogens (tertiary/aromatic N) is 2. The lowest BCUT2D eigenvalue weighted by atomic mass is 10.0. The molecule has 0 spiro atoms. The molecule has 2 aromatic carbocycles. The molecule has 0 saturated heterocycles. The number of esters is 1. The van der Waals surface area contributed by atoms with Crippen LogP contribution in [0.2, 0.25) is 10.0 Å². The maximum absolute atomic E-state index is 13.2. The van der Waals surface area contributed by atoms with Crippen molar-refractivity contribution in [2.24, 2.45) is 0 Å². The van der Waals surface area contributed by atoms with Crippen LogP contribution in [0.3, 0.4) is 0 Å². The van der Waals surface area contributed by atoms with E-state index in [2.05, 4.69) is 0 Å². The Morgan fingerprint density at radius 3 is 2.41 bits per heavy atom. The molecule has 148 valence electrons. The number of non-ortho nitro benzene ring substituents is 1. The summed E-state index contributed by atoms with van der Waals surface area (Å²) in [6, 6.07) is 10.3. The van der Waals surface area contributed by atoms with Gasteiger partial charge >= 0.3 is 5.97 Å². The molecular weight excluding hydrogens is 419 g/mol. The van der Waals surface area contributed by atoms with E-state index in [1.165, 1.54) is 42.4 Å². The number of nitro groups is 1. The zero-order valence-corrected chi connectivity index (χ0v) is 16.8. The largest absolute Gasteiger partial charge is 0.465 e. The topological polar surface area (TPSA) is 89.8 Å². The van der Waals surface area contributed by atoms with Crippen molar-refractivity contribution in [1.82, 2.24) is 0 Å². The fourth-order valence-corrected chi connectivity index (χ4v) is 3.57. The molecule has 9 heteroatoms. The van der Waals surface area contributed by atoms with Crippen LogP contribution in [0.5, 0.6) is 0 Å². The van der Waals surface area contributed by atoms with Gasteiger partial charge in [-0.2, -0.15) is 0 Å². The van der Waals surface area contributed by atoms with Gasteiger partial charge in [-0.25, -0.2) is 4.79 Å². The Morgan fingerprint density at radius 2 is 1.83 bits per heavy atom. The molecule has 2 aromatic rings. The van der Waals surface area contributed by atoms with E-state index in [9.17, 15) is 19.7 Å². The van der Waals surface area contributed by atoms with Crippen molar-refractivity contribution in [3.05, 3.63) is 85.0 Å². The molecule has 29 heavy (non-hydrogen) atoms. The van der Waals surface area contributed by atoms with Crippen molar-refractivity contribution >= 4 is 52.5 Å². The molecule has 0 fully saturated rings. The molecule has 0 aromatic heterocycles. The van der Waals surface area contributed by atoms with Gasteiger partial charge in [0.05, 0.1) is 28.9 Å². The van der Waals surface area contributed by atoms with Gasteiger partial charge < -0.3 is 4.74 Å². The summed E-state index contributed by atoms with van der Waals surface area (Å²) in [6.45, 7) is 1.59. The molecule has 7 nitrogen and oxygen atoms in total. The van der Waals surface area contributed by atoms with Crippen LogP contribution in [0.15, 0.2) is 59.3 Å². The highest BCUT2D eigenvalue weighted by molar-refractivity contribution is 6.35.